The van der Waals surface area contributed by atoms with Gasteiger partial charge in [-0.1, -0.05) is 0 Å². The molecule has 0 spiro atoms. The lowest BCUT2D eigenvalue weighted by Gasteiger charge is -2.28. The van der Waals surface area contributed by atoms with Gasteiger partial charge in [0, 0.05) is 25.0 Å². The van der Waals surface area contributed by atoms with Crippen molar-refractivity contribution < 1.29 is 14.6 Å². The average Bonchev–Trinajstić information content (AvgIpc) is 2.61. The van der Waals surface area contributed by atoms with E-state index in [1.54, 1.807) is 18.3 Å². The molecule has 0 aliphatic carbocycles. The zero-order chi connectivity index (χ0) is 16.1. The largest absolute Gasteiger partial charge is 0.504 e. The Hall–Kier alpha value is -2.53. The van der Waals surface area contributed by atoms with E-state index >= 15 is 0 Å². The number of aliphatic imine (C=N–C) groups is 1. The van der Waals surface area contributed by atoms with Crippen LogP contribution in [-0.4, -0.2) is 44.7 Å². The average molecular weight is 312 g/mol. The van der Waals surface area contributed by atoms with Crippen LogP contribution in [-0.2, 0) is 4.74 Å². The van der Waals surface area contributed by atoms with Crippen molar-refractivity contribution in [1.82, 2.24) is 0 Å². The summed E-state index contributed by atoms with van der Waals surface area (Å²) in [5.41, 5.74) is 2.88. The standard InChI is InChI=1S/C18H20N2O3/c1-22-18-7-2-14(12-17(18)21)13-19-15-3-5-16(6-4-15)20-8-10-23-11-9-20/h2-7,12-13,21H,8-11H2,1H3. The van der Waals surface area contributed by atoms with E-state index in [2.05, 4.69) is 22.0 Å². The Morgan fingerprint density at radius 3 is 2.52 bits per heavy atom. The Labute approximate surface area is 135 Å². The SMILES string of the molecule is COc1ccc(C=Nc2ccc(N3CCOCC3)cc2)cc1O. The number of rotatable bonds is 4. The fourth-order valence-corrected chi connectivity index (χ4v) is 2.51. The van der Waals surface area contributed by atoms with Crippen molar-refractivity contribution in [2.24, 2.45) is 4.99 Å². The first-order valence-corrected chi connectivity index (χ1v) is 7.60. The molecule has 0 bridgehead atoms. The van der Waals surface area contributed by atoms with E-state index in [0.29, 0.717) is 5.75 Å². The first kappa shape index (κ1) is 15.4. The summed E-state index contributed by atoms with van der Waals surface area (Å²) in [5.74, 6) is 0.566. The molecule has 1 N–H and O–H groups in total. The minimum atomic E-state index is 0.110. The fraction of sp³-hybridized carbons (Fsp3) is 0.278. The van der Waals surface area contributed by atoms with Gasteiger partial charge < -0.3 is 19.5 Å². The molecule has 1 heterocycles. The van der Waals surface area contributed by atoms with Crippen LogP contribution < -0.4 is 9.64 Å². The van der Waals surface area contributed by atoms with Crippen LogP contribution in [0.25, 0.3) is 0 Å². The third-order valence-corrected chi connectivity index (χ3v) is 3.79. The number of hydrogen-bond acceptors (Lipinski definition) is 5. The van der Waals surface area contributed by atoms with Crippen LogP contribution in [0.4, 0.5) is 11.4 Å². The summed E-state index contributed by atoms with van der Waals surface area (Å²) < 4.78 is 10.4. The second-order valence-electron chi connectivity index (χ2n) is 5.31. The smallest absolute Gasteiger partial charge is 0.160 e. The number of phenols is 1. The highest BCUT2D eigenvalue weighted by Gasteiger charge is 2.10. The molecule has 2 aromatic rings. The first-order chi connectivity index (χ1) is 11.3. The maximum atomic E-state index is 9.77. The lowest BCUT2D eigenvalue weighted by molar-refractivity contribution is 0.122. The van der Waals surface area contributed by atoms with Crippen LogP contribution >= 0.6 is 0 Å². The summed E-state index contributed by atoms with van der Waals surface area (Å²) in [5, 5.41) is 9.77. The molecule has 1 aliphatic heterocycles. The lowest BCUT2D eigenvalue weighted by atomic mass is 10.2. The van der Waals surface area contributed by atoms with Crippen molar-refractivity contribution in [3.05, 3.63) is 48.0 Å². The fourth-order valence-electron chi connectivity index (χ4n) is 2.51. The third-order valence-electron chi connectivity index (χ3n) is 3.79. The second kappa shape index (κ2) is 7.15. The predicted molar refractivity (Wildman–Crippen MR) is 91.4 cm³/mol. The Balaban J connectivity index is 1.68. The lowest BCUT2D eigenvalue weighted by Crippen LogP contribution is -2.36. The minimum absolute atomic E-state index is 0.110. The molecule has 120 valence electrons. The van der Waals surface area contributed by atoms with E-state index < -0.39 is 0 Å². The number of nitrogens with zero attached hydrogens (tertiary/aromatic N) is 2. The van der Waals surface area contributed by atoms with E-state index in [1.807, 2.05) is 18.2 Å². The van der Waals surface area contributed by atoms with E-state index in [1.165, 1.54) is 12.8 Å². The molecule has 5 heteroatoms. The van der Waals surface area contributed by atoms with Crippen LogP contribution in [0, 0.1) is 0 Å². The van der Waals surface area contributed by atoms with Gasteiger partial charge in [0.15, 0.2) is 11.5 Å². The molecule has 1 saturated heterocycles. The van der Waals surface area contributed by atoms with Gasteiger partial charge in [0.1, 0.15) is 0 Å². The summed E-state index contributed by atoms with van der Waals surface area (Å²) in [7, 11) is 1.53. The van der Waals surface area contributed by atoms with Crippen molar-refractivity contribution in [2.45, 2.75) is 0 Å². The molecule has 0 saturated carbocycles. The summed E-state index contributed by atoms with van der Waals surface area (Å²) in [6, 6.07) is 13.3. The van der Waals surface area contributed by atoms with Crippen molar-refractivity contribution in [1.29, 1.82) is 0 Å². The Morgan fingerprint density at radius 2 is 1.87 bits per heavy atom. The summed E-state index contributed by atoms with van der Waals surface area (Å²) in [4.78, 5) is 6.74. The molecule has 2 aromatic carbocycles. The van der Waals surface area contributed by atoms with Crippen LogP contribution in [0.15, 0.2) is 47.5 Å². The molecule has 3 rings (SSSR count). The highest BCUT2D eigenvalue weighted by atomic mass is 16.5. The molecular weight excluding hydrogens is 292 g/mol. The first-order valence-electron chi connectivity index (χ1n) is 7.60. The van der Waals surface area contributed by atoms with E-state index in [4.69, 9.17) is 9.47 Å². The summed E-state index contributed by atoms with van der Waals surface area (Å²) >= 11 is 0. The van der Waals surface area contributed by atoms with Gasteiger partial charge in [-0.05, 0) is 48.0 Å². The van der Waals surface area contributed by atoms with E-state index in [-0.39, 0.29) is 5.75 Å². The maximum Gasteiger partial charge on any atom is 0.160 e. The van der Waals surface area contributed by atoms with Gasteiger partial charge in [0.05, 0.1) is 26.0 Å². The zero-order valence-electron chi connectivity index (χ0n) is 13.1. The number of hydrogen-bond donors (Lipinski definition) is 1. The minimum Gasteiger partial charge on any atom is -0.504 e. The molecule has 0 atom stereocenters. The molecule has 0 unspecified atom stereocenters. The van der Waals surface area contributed by atoms with Gasteiger partial charge in [0.2, 0.25) is 0 Å². The normalized spacial score (nSPS) is 15.1. The molecule has 0 amide bonds. The second-order valence-corrected chi connectivity index (χ2v) is 5.31. The van der Waals surface area contributed by atoms with Gasteiger partial charge in [0.25, 0.3) is 0 Å². The van der Waals surface area contributed by atoms with Crippen LogP contribution in [0.5, 0.6) is 11.5 Å². The van der Waals surface area contributed by atoms with Gasteiger partial charge in [-0.25, -0.2) is 0 Å². The van der Waals surface area contributed by atoms with Crippen molar-refractivity contribution in [2.75, 3.05) is 38.3 Å². The number of aromatic hydroxyl groups is 1. The molecular formula is C18H20N2O3. The number of methoxy groups -OCH3 is 1. The maximum absolute atomic E-state index is 9.77. The molecule has 1 fully saturated rings. The number of phenolic OH excluding ortho intramolecular Hbond substituents is 1. The Morgan fingerprint density at radius 1 is 1.13 bits per heavy atom. The van der Waals surface area contributed by atoms with Gasteiger partial charge in [-0.15, -0.1) is 0 Å². The molecule has 0 radical (unpaired) electrons. The summed E-state index contributed by atoms with van der Waals surface area (Å²) in [6.07, 6.45) is 1.73. The molecule has 23 heavy (non-hydrogen) atoms. The Bertz CT molecular complexity index is 677. The third kappa shape index (κ3) is 3.81. The van der Waals surface area contributed by atoms with Crippen LogP contribution in [0.2, 0.25) is 0 Å². The van der Waals surface area contributed by atoms with E-state index in [9.17, 15) is 5.11 Å². The highest BCUT2D eigenvalue weighted by molar-refractivity contribution is 5.83. The molecule has 0 aromatic heterocycles. The zero-order valence-corrected chi connectivity index (χ0v) is 13.1. The van der Waals surface area contributed by atoms with Crippen molar-refractivity contribution >= 4 is 17.6 Å². The van der Waals surface area contributed by atoms with E-state index in [0.717, 1.165) is 37.6 Å². The van der Waals surface area contributed by atoms with Crippen molar-refractivity contribution in [3.63, 3.8) is 0 Å². The van der Waals surface area contributed by atoms with Crippen molar-refractivity contribution in [3.8, 4) is 11.5 Å². The monoisotopic (exact) mass is 312 g/mol. The number of morpholine rings is 1. The Kier molecular flexibility index (Phi) is 4.78. The van der Waals surface area contributed by atoms with Gasteiger partial charge in [-0.2, -0.15) is 0 Å². The topological polar surface area (TPSA) is 54.3 Å². The van der Waals surface area contributed by atoms with Gasteiger partial charge >= 0.3 is 0 Å². The predicted octanol–water partition coefficient (Wildman–Crippen LogP) is 2.99. The number of anilines is 1. The number of ether oxygens (including phenoxy) is 2. The van der Waals surface area contributed by atoms with Crippen LogP contribution in [0.3, 0.4) is 0 Å². The highest BCUT2D eigenvalue weighted by Crippen LogP contribution is 2.26. The van der Waals surface area contributed by atoms with Gasteiger partial charge in [-0.3, -0.25) is 4.99 Å². The summed E-state index contributed by atoms with van der Waals surface area (Å²) in [6.45, 7) is 3.41. The molecule has 1 aliphatic rings. The quantitative estimate of drug-likeness (QED) is 0.882. The number of benzene rings is 2. The molecule has 5 nitrogen and oxygen atoms in total. The van der Waals surface area contributed by atoms with Crippen LogP contribution in [0.1, 0.15) is 5.56 Å².